The van der Waals surface area contributed by atoms with E-state index in [4.69, 9.17) is 4.42 Å². The normalized spacial score (nSPS) is 17.0. The Morgan fingerprint density at radius 2 is 2.17 bits per heavy atom. The van der Waals surface area contributed by atoms with E-state index in [1.54, 1.807) is 23.3 Å². The summed E-state index contributed by atoms with van der Waals surface area (Å²) < 4.78 is 5.40. The number of rotatable bonds is 3. The second-order valence-electron chi connectivity index (χ2n) is 6.10. The number of likely N-dealkylation sites (N-methyl/N-ethyl adjacent to an activating group) is 1. The van der Waals surface area contributed by atoms with Gasteiger partial charge in [0.05, 0.1) is 16.4 Å². The lowest BCUT2D eigenvalue weighted by atomic mass is 9.91. The molecule has 23 heavy (non-hydrogen) atoms. The number of nitrogens with zero attached hydrogens (tertiary/aromatic N) is 3. The summed E-state index contributed by atoms with van der Waals surface area (Å²) in [5.74, 6) is 1.03. The van der Waals surface area contributed by atoms with Gasteiger partial charge in [0.2, 0.25) is 0 Å². The van der Waals surface area contributed by atoms with Crippen molar-refractivity contribution < 1.29 is 9.21 Å². The van der Waals surface area contributed by atoms with Crippen LogP contribution in [0.4, 0.5) is 10.8 Å². The summed E-state index contributed by atoms with van der Waals surface area (Å²) in [7, 11) is 1.80. The van der Waals surface area contributed by atoms with Crippen molar-refractivity contribution in [1.82, 2.24) is 14.9 Å². The Bertz CT molecular complexity index is 702. The summed E-state index contributed by atoms with van der Waals surface area (Å²) in [6.45, 7) is 6.38. The molecule has 0 fully saturated rings. The van der Waals surface area contributed by atoms with E-state index >= 15 is 0 Å². The van der Waals surface area contributed by atoms with Crippen LogP contribution in [0.1, 0.15) is 45.8 Å². The smallest absolute Gasteiger partial charge is 0.325 e. The van der Waals surface area contributed by atoms with Gasteiger partial charge in [-0.15, -0.1) is 11.3 Å². The fourth-order valence-electron chi connectivity index (χ4n) is 2.93. The number of carbonyl (C=O) groups is 1. The van der Waals surface area contributed by atoms with Gasteiger partial charge in [-0.05, 0) is 40.0 Å². The highest BCUT2D eigenvalue weighted by atomic mass is 32.1. The number of nitrogens with one attached hydrogen (secondary N) is 1. The summed E-state index contributed by atoms with van der Waals surface area (Å²) in [5, 5.41) is 3.82. The van der Waals surface area contributed by atoms with Crippen LogP contribution >= 0.6 is 11.3 Å². The first-order valence-electron chi connectivity index (χ1n) is 7.86. The predicted molar refractivity (Wildman–Crippen MR) is 90.2 cm³/mol. The molecule has 1 aliphatic carbocycles. The van der Waals surface area contributed by atoms with E-state index in [0.717, 1.165) is 35.7 Å². The largest absolute Gasteiger partial charge is 0.428 e. The molecule has 1 atom stereocenters. The van der Waals surface area contributed by atoms with Gasteiger partial charge in [0.1, 0.15) is 5.76 Å². The zero-order valence-electron chi connectivity index (χ0n) is 14.0. The Morgan fingerprint density at radius 1 is 1.39 bits per heavy atom. The topological polar surface area (TPSA) is 71.3 Å². The summed E-state index contributed by atoms with van der Waals surface area (Å²) in [4.78, 5) is 24.2. The molecule has 124 valence electrons. The SMILES string of the molecule is Cc1nc2c(s1)CCC[C@@H]2CN(C)C(=O)Nc1nc(C)c(C)o1. The average Bonchev–Trinajstić information content (AvgIpc) is 3.01. The van der Waals surface area contributed by atoms with Gasteiger partial charge in [-0.25, -0.2) is 9.78 Å². The van der Waals surface area contributed by atoms with Gasteiger partial charge < -0.3 is 9.32 Å². The van der Waals surface area contributed by atoms with Crippen LogP contribution in [-0.4, -0.2) is 34.5 Å². The quantitative estimate of drug-likeness (QED) is 0.930. The van der Waals surface area contributed by atoms with Gasteiger partial charge in [0.15, 0.2) is 0 Å². The first-order chi connectivity index (χ1) is 10.9. The van der Waals surface area contributed by atoms with E-state index in [1.807, 2.05) is 20.8 Å². The van der Waals surface area contributed by atoms with Gasteiger partial charge >= 0.3 is 12.0 Å². The van der Waals surface area contributed by atoms with Crippen molar-refractivity contribution in [3.63, 3.8) is 0 Å². The summed E-state index contributed by atoms with van der Waals surface area (Å²) >= 11 is 1.78. The molecule has 6 nitrogen and oxygen atoms in total. The van der Waals surface area contributed by atoms with Gasteiger partial charge in [0, 0.05) is 24.4 Å². The van der Waals surface area contributed by atoms with Crippen molar-refractivity contribution in [2.45, 2.75) is 46.0 Å². The summed E-state index contributed by atoms with van der Waals surface area (Å²) in [6.07, 6.45) is 3.35. The van der Waals surface area contributed by atoms with Crippen molar-refractivity contribution >= 4 is 23.4 Å². The first-order valence-corrected chi connectivity index (χ1v) is 8.68. The van der Waals surface area contributed by atoms with Crippen LogP contribution in [0.15, 0.2) is 4.42 Å². The van der Waals surface area contributed by atoms with Gasteiger partial charge in [-0.2, -0.15) is 4.98 Å². The van der Waals surface area contributed by atoms with Crippen LogP contribution in [0.2, 0.25) is 0 Å². The van der Waals surface area contributed by atoms with E-state index in [0.29, 0.717) is 12.5 Å². The molecule has 0 aliphatic heterocycles. The second-order valence-corrected chi connectivity index (χ2v) is 7.39. The molecule has 3 rings (SSSR count). The number of oxazole rings is 1. The molecule has 2 amide bonds. The Balaban J connectivity index is 1.65. The molecular formula is C16H22N4O2S. The van der Waals surface area contributed by atoms with Gasteiger partial charge in [-0.3, -0.25) is 5.32 Å². The lowest BCUT2D eigenvalue weighted by Gasteiger charge is -2.26. The average molecular weight is 334 g/mol. The molecule has 2 aromatic heterocycles. The fourth-order valence-corrected chi connectivity index (χ4v) is 4.00. The molecule has 1 N–H and O–H groups in total. The Labute approximate surface area is 139 Å². The number of carbonyl (C=O) groups excluding carboxylic acids is 1. The first kappa shape index (κ1) is 16.0. The van der Waals surface area contributed by atoms with E-state index in [2.05, 4.69) is 15.3 Å². The number of anilines is 1. The highest BCUT2D eigenvalue weighted by Gasteiger charge is 2.26. The molecule has 0 saturated heterocycles. The van der Waals surface area contributed by atoms with Crippen LogP contribution in [0.3, 0.4) is 0 Å². The minimum absolute atomic E-state index is 0.203. The summed E-state index contributed by atoms with van der Waals surface area (Å²) in [5.41, 5.74) is 1.97. The van der Waals surface area contributed by atoms with Crippen LogP contribution in [0.25, 0.3) is 0 Å². The molecule has 2 heterocycles. The number of aromatic nitrogens is 2. The molecule has 0 saturated carbocycles. The van der Waals surface area contributed by atoms with Crippen molar-refractivity contribution in [1.29, 1.82) is 0 Å². The highest BCUT2D eigenvalue weighted by molar-refractivity contribution is 7.11. The van der Waals surface area contributed by atoms with Crippen molar-refractivity contribution in [3.8, 4) is 0 Å². The minimum Gasteiger partial charge on any atom is -0.428 e. The van der Waals surface area contributed by atoms with E-state index < -0.39 is 0 Å². The maximum absolute atomic E-state index is 12.3. The number of urea groups is 1. The van der Waals surface area contributed by atoms with E-state index in [9.17, 15) is 4.79 Å². The zero-order valence-corrected chi connectivity index (χ0v) is 14.8. The highest BCUT2D eigenvalue weighted by Crippen LogP contribution is 2.35. The Hall–Kier alpha value is -1.89. The van der Waals surface area contributed by atoms with Gasteiger partial charge in [0.25, 0.3) is 0 Å². The monoisotopic (exact) mass is 334 g/mol. The van der Waals surface area contributed by atoms with Crippen molar-refractivity contribution in [2.24, 2.45) is 0 Å². The fraction of sp³-hybridized carbons (Fsp3) is 0.562. The predicted octanol–water partition coefficient (Wildman–Crippen LogP) is 3.64. The lowest BCUT2D eigenvalue weighted by Crippen LogP contribution is -2.35. The third-order valence-corrected chi connectivity index (χ3v) is 5.31. The molecular weight excluding hydrogens is 312 g/mol. The van der Waals surface area contributed by atoms with E-state index in [-0.39, 0.29) is 12.0 Å². The summed E-state index contributed by atoms with van der Waals surface area (Å²) in [6, 6.07) is 0.0519. The zero-order chi connectivity index (χ0) is 16.6. The molecule has 0 unspecified atom stereocenters. The third kappa shape index (κ3) is 3.39. The molecule has 0 aromatic carbocycles. The lowest BCUT2D eigenvalue weighted by molar-refractivity contribution is 0.217. The third-order valence-electron chi connectivity index (χ3n) is 4.26. The number of amides is 2. The van der Waals surface area contributed by atoms with Crippen LogP contribution < -0.4 is 5.32 Å². The molecule has 0 radical (unpaired) electrons. The Kier molecular flexibility index (Phi) is 4.39. The van der Waals surface area contributed by atoms with Crippen LogP contribution in [-0.2, 0) is 6.42 Å². The Morgan fingerprint density at radius 3 is 2.87 bits per heavy atom. The number of aryl methyl sites for hydroxylation is 4. The molecule has 7 heteroatoms. The van der Waals surface area contributed by atoms with E-state index in [1.165, 1.54) is 10.6 Å². The molecule has 2 aromatic rings. The van der Waals surface area contributed by atoms with Crippen LogP contribution in [0, 0.1) is 20.8 Å². The van der Waals surface area contributed by atoms with Gasteiger partial charge in [-0.1, -0.05) is 0 Å². The van der Waals surface area contributed by atoms with Crippen molar-refractivity contribution in [2.75, 3.05) is 18.9 Å². The second kappa shape index (κ2) is 6.31. The number of thiazole rings is 1. The van der Waals surface area contributed by atoms with Crippen molar-refractivity contribution in [3.05, 3.63) is 27.0 Å². The number of hydrogen-bond acceptors (Lipinski definition) is 5. The van der Waals surface area contributed by atoms with Crippen LogP contribution in [0.5, 0.6) is 0 Å². The minimum atomic E-state index is -0.203. The standard InChI is InChI=1S/C16H22N4O2S/c1-9-10(2)22-15(17-9)19-16(21)20(4)8-12-6-5-7-13-14(12)18-11(3)23-13/h12H,5-8H2,1-4H3,(H,17,19,21)/t12-/m1/s1. The maximum Gasteiger partial charge on any atom is 0.325 e. The molecule has 0 bridgehead atoms. The molecule has 0 spiro atoms. The molecule has 1 aliphatic rings. The number of hydrogen-bond donors (Lipinski definition) is 1. The maximum atomic E-state index is 12.3. The number of fused-ring (bicyclic) bond motifs is 1.